The second-order valence-corrected chi connectivity index (χ2v) is 31.7. The summed E-state index contributed by atoms with van der Waals surface area (Å²) in [4.78, 5) is 0.473. The third-order valence-electron chi connectivity index (χ3n) is 22.2. The topological polar surface area (TPSA) is 201 Å². The van der Waals surface area contributed by atoms with Gasteiger partial charge in [0.1, 0.15) is 0 Å². The Morgan fingerprint density at radius 3 is 0.881 bits per heavy atom. The van der Waals surface area contributed by atoms with E-state index in [0.717, 1.165) is 140 Å². The Morgan fingerprint density at radius 1 is 0.381 bits per heavy atom. The summed E-state index contributed by atoms with van der Waals surface area (Å²) < 4.78 is 108. The van der Waals surface area contributed by atoms with Crippen LogP contribution in [0.1, 0.15) is 191 Å². The lowest BCUT2D eigenvalue weighted by atomic mass is 9.70. The summed E-state index contributed by atoms with van der Waals surface area (Å²) in [7, 11) is -7.36. The van der Waals surface area contributed by atoms with Crippen LogP contribution in [0.4, 0.5) is 0 Å². The molecule has 2 N–H and O–H groups in total. The molecule has 0 radical (unpaired) electrons. The Labute approximate surface area is 502 Å². The molecule has 0 unspecified atom stereocenters. The predicted molar refractivity (Wildman–Crippen MR) is 314 cm³/mol. The highest BCUT2D eigenvalue weighted by molar-refractivity contribution is 7.87. The lowest BCUT2D eigenvalue weighted by Gasteiger charge is -2.43. The van der Waals surface area contributed by atoms with Gasteiger partial charge < -0.3 is 48.1 Å². The second-order valence-electron chi connectivity index (χ2n) is 28.5. The molecule has 12 aliphatic rings. The largest absolute Gasteiger partial charge is 0.396 e. The zero-order valence-corrected chi connectivity index (χ0v) is 52.3. The van der Waals surface area contributed by atoms with E-state index in [1.165, 1.54) is 77.0 Å². The summed E-state index contributed by atoms with van der Waals surface area (Å²) in [6.07, 6.45) is 31.3. The Hall–Kier alpha value is -2.14. The van der Waals surface area contributed by atoms with Crippen molar-refractivity contribution in [2.45, 2.75) is 227 Å². The summed E-state index contributed by atoms with van der Waals surface area (Å²) in [5.74, 6) is 0.376. The lowest BCUT2D eigenvalue weighted by molar-refractivity contribution is -0.202. The molecule has 4 saturated heterocycles. The Kier molecular flexibility index (Phi) is 19.9. The molecule has 12 fully saturated rings. The zero-order valence-electron chi connectivity index (χ0n) is 50.6. The number of aliphatic hydroxyl groups excluding tert-OH is 2. The molecule has 8 atom stereocenters. The monoisotopic (exact) mass is 1210 g/mol. The van der Waals surface area contributed by atoms with Crippen LogP contribution in [0.2, 0.25) is 0 Å². The third kappa shape index (κ3) is 15.0. The van der Waals surface area contributed by atoms with Crippen LogP contribution in [0.25, 0.3) is 0 Å². The number of ether oxygens (including phenoxy) is 8. The van der Waals surface area contributed by atoms with Crippen LogP contribution in [0.15, 0.2) is 58.3 Å². The van der Waals surface area contributed by atoms with Gasteiger partial charge in [-0.25, -0.2) is 0 Å². The quantitative estimate of drug-likeness (QED) is 0.213. The van der Waals surface area contributed by atoms with E-state index in [1.807, 2.05) is 13.8 Å². The summed E-state index contributed by atoms with van der Waals surface area (Å²) in [5.41, 5.74) is 3.34. The molecule has 0 amide bonds. The molecule has 4 aliphatic heterocycles. The first kappa shape index (κ1) is 63.4. The van der Waals surface area contributed by atoms with Crippen LogP contribution < -0.4 is 0 Å². The molecule has 0 bridgehead atoms. The fourth-order valence-corrected chi connectivity index (χ4v) is 20.2. The number of hydrogen-bond acceptors (Lipinski definition) is 16. The van der Waals surface area contributed by atoms with Crippen molar-refractivity contribution in [2.24, 2.45) is 45.3 Å². The van der Waals surface area contributed by atoms with Crippen molar-refractivity contribution in [3.8, 4) is 0 Å². The summed E-state index contributed by atoms with van der Waals surface area (Å²) in [5, 5.41) is 18.5. The first-order valence-electron chi connectivity index (χ1n) is 32.6. The van der Waals surface area contributed by atoms with Crippen molar-refractivity contribution < 1.29 is 73.3 Å². The number of aliphatic hydroxyl groups is 2. The molecule has 8 aliphatic carbocycles. The highest BCUT2D eigenvalue weighted by Crippen LogP contribution is 2.59. The van der Waals surface area contributed by atoms with E-state index in [0.29, 0.717) is 62.3 Å². The van der Waals surface area contributed by atoms with Crippen LogP contribution in [0.5, 0.6) is 0 Å². The normalized spacial score (nSPS) is 35.3. The third-order valence-corrected chi connectivity index (χ3v) is 24.8. The maximum absolute atomic E-state index is 12.4. The van der Waals surface area contributed by atoms with E-state index in [9.17, 15) is 27.0 Å². The van der Waals surface area contributed by atoms with Crippen molar-refractivity contribution in [3.05, 3.63) is 59.7 Å². The van der Waals surface area contributed by atoms with Crippen LogP contribution in [-0.4, -0.2) is 129 Å². The van der Waals surface area contributed by atoms with Crippen LogP contribution in [0.3, 0.4) is 0 Å². The molecular weight excluding hydrogens is 1110 g/mol. The molecule has 16 nitrogen and oxygen atoms in total. The van der Waals surface area contributed by atoms with Crippen LogP contribution in [0, 0.1) is 59.2 Å². The number of hydrogen-bond donors (Lipinski definition) is 2. The highest BCUT2D eigenvalue weighted by Gasteiger charge is 2.55. The molecule has 0 aromatic heterocycles. The van der Waals surface area contributed by atoms with Gasteiger partial charge in [-0.3, -0.25) is 8.37 Å². The average molecular weight is 1210 g/mol. The van der Waals surface area contributed by atoms with Crippen LogP contribution >= 0.6 is 0 Å². The molecule has 2 aromatic rings. The van der Waals surface area contributed by atoms with Gasteiger partial charge in [0, 0.05) is 64.6 Å². The Bertz CT molecular complexity index is 2500. The molecule has 2 aromatic carbocycles. The molecule has 18 heteroatoms. The molecular formula is C66H100O16S2. The van der Waals surface area contributed by atoms with Gasteiger partial charge >= 0.3 is 0 Å². The highest BCUT2D eigenvalue weighted by atomic mass is 32.2. The minimum Gasteiger partial charge on any atom is -0.396 e. The fraction of sp³-hybridized carbons (Fsp3) is 0.818. The number of benzene rings is 2. The van der Waals surface area contributed by atoms with Crippen molar-refractivity contribution >= 4 is 20.2 Å². The average Bonchev–Trinajstić information content (AvgIpc) is 3.27. The molecule has 4 heterocycles. The molecule has 8 spiro atoms. The van der Waals surface area contributed by atoms with Gasteiger partial charge in [0.2, 0.25) is 0 Å². The van der Waals surface area contributed by atoms with Crippen molar-refractivity contribution in [2.75, 3.05) is 79.3 Å². The molecule has 8 saturated carbocycles. The van der Waals surface area contributed by atoms with Gasteiger partial charge in [-0.2, -0.15) is 16.8 Å². The summed E-state index contributed by atoms with van der Waals surface area (Å²) in [6.45, 7) is 10.9. The first-order valence-corrected chi connectivity index (χ1v) is 35.4. The Balaban J connectivity index is 0.000000120. The number of aryl methyl sites for hydroxylation is 2. The van der Waals surface area contributed by atoms with E-state index in [1.54, 1.807) is 48.5 Å². The Morgan fingerprint density at radius 2 is 0.631 bits per heavy atom. The fourth-order valence-electron chi connectivity index (χ4n) is 18.3. The van der Waals surface area contributed by atoms with Gasteiger partial charge in [0.15, 0.2) is 23.1 Å². The van der Waals surface area contributed by atoms with E-state index >= 15 is 0 Å². The smallest absolute Gasteiger partial charge is 0.296 e. The standard InChI is InChI=1S/2C20H28O5S.2C13H22O3/c2*1-16-3-5-18(6-4-16)26(21,22)25-14-17-7-10-19(13-17)8-2-9-20(15-19)23-11-12-24-20;2*14-9-11-2-5-12(8-11)3-1-4-13(10-12)15-6-7-16-13/h2*3-6,17H,2,7-15H2,1H3;2*11,14H,1-10H2/t17-,19+;17-,19-;11-,12+;11-,12-/m0101/s1. The van der Waals surface area contributed by atoms with Crippen molar-refractivity contribution in [1.29, 1.82) is 0 Å². The van der Waals surface area contributed by atoms with Crippen molar-refractivity contribution in [3.63, 3.8) is 0 Å². The van der Waals surface area contributed by atoms with Gasteiger partial charge in [0.05, 0.1) is 75.9 Å². The van der Waals surface area contributed by atoms with Gasteiger partial charge in [0.25, 0.3) is 20.2 Å². The van der Waals surface area contributed by atoms with E-state index in [4.69, 9.17) is 46.3 Å². The van der Waals surface area contributed by atoms with Gasteiger partial charge in [-0.1, -0.05) is 35.4 Å². The summed E-state index contributed by atoms with van der Waals surface area (Å²) in [6, 6.07) is 13.6. The molecule has 84 heavy (non-hydrogen) atoms. The number of rotatable bonds is 10. The van der Waals surface area contributed by atoms with Crippen molar-refractivity contribution in [1.82, 2.24) is 0 Å². The first-order chi connectivity index (χ1) is 40.3. The molecule has 14 rings (SSSR count). The van der Waals surface area contributed by atoms with Gasteiger partial charge in [-0.05, 0) is 212 Å². The van der Waals surface area contributed by atoms with E-state index in [2.05, 4.69) is 0 Å². The second kappa shape index (κ2) is 26.4. The minimum atomic E-state index is -3.68. The maximum atomic E-state index is 12.4. The summed E-state index contributed by atoms with van der Waals surface area (Å²) >= 11 is 0. The van der Waals surface area contributed by atoms with E-state index in [-0.39, 0.29) is 68.8 Å². The minimum absolute atomic E-state index is 0.226. The van der Waals surface area contributed by atoms with Gasteiger partial charge in [-0.15, -0.1) is 0 Å². The van der Waals surface area contributed by atoms with E-state index < -0.39 is 20.2 Å². The maximum Gasteiger partial charge on any atom is 0.296 e. The SMILES string of the molecule is Cc1ccc(S(=O)(=O)OC[C@@H]2CC[C@]3(CCCC4(C3)OCCO4)C2)cc1.Cc1ccc(S(=O)(=O)OC[C@H]2CC[C@]3(CCCC4(C3)OCCO4)C2)cc1.OC[C@@H]1CC[C@]2(CCCC3(C2)OCCO3)C1.OC[C@H]1CC[C@]2(CCCC3(C2)OCCO3)C1. The lowest BCUT2D eigenvalue weighted by Crippen LogP contribution is -2.41. The predicted octanol–water partition coefficient (Wildman–Crippen LogP) is 11.8. The molecule has 472 valence electrons. The van der Waals surface area contributed by atoms with Crippen LogP contribution in [-0.2, 0) is 66.5 Å². The zero-order chi connectivity index (χ0) is 58.6.